The van der Waals surface area contributed by atoms with E-state index in [1.165, 1.54) is 0 Å². The van der Waals surface area contributed by atoms with Gasteiger partial charge in [0.1, 0.15) is 0 Å². The van der Waals surface area contributed by atoms with Crippen LogP contribution in [0, 0.1) is 5.92 Å². The van der Waals surface area contributed by atoms with Gasteiger partial charge in [-0.05, 0) is 25.1 Å². The molecule has 0 unspecified atom stereocenters. The Morgan fingerprint density at radius 3 is 2.68 bits per heavy atom. The quantitative estimate of drug-likeness (QED) is 0.472. The van der Waals surface area contributed by atoms with Gasteiger partial charge in [0.15, 0.2) is 5.65 Å². The van der Waals surface area contributed by atoms with Crippen molar-refractivity contribution in [2.45, 2.75) is 18.7 Å². The molecule has 1 saturated heterocycles. The summed E-state index contributed by atoms with van der Waals surface area (Å²) in [5.74, 6) is -2.00. The van der Waals surface area contributed by atoms with E-state index in [-0.39, 0.29) is 12.0 Å². The summed E-state index contributed by atoms with van der Waals surface area (Å²) in [5, 5.41) is 27.7. The third-order valence-corrected chi connectivity index (χ3v) is 4.53. The molecule has 1 fully saturated rings. The molecule has 31 heavy (non-hydrogen) atoms. The lowest BCUT2D eigenvalue weighted by Crippen LogP contribution is -2.43. The lowest BCUT2D eigenvalue weighted by atomic mass is 9.95. The van der Waals surface area contributed by atoms with Gasteiger partial charge < -0.3 is 20.8 Å². The van der Waals surface area contributed by atoms with Crippen LogP contribution in [0.2, 0.25) is 0 Å². The normalized spacial score (nSPS) is 18.8. The van der Waals surface area contributed by atoms with Crippen LogP contribution in [-0.2, 0) is 4.79 Å². The minimum Gasteiger partial charge on any atom is -0.475 e. The number of halogens is 3. The van der Waals surface area contributed by atoms with Crippen molar-refractivity contribution < 1.29 is 28.2 Å². The molecule has 4 rings (SSSR count). The van der Waals surface area contributed by atoms with Gasteiger partial charge in [-0.15, -0.1) is 0 Å². The second-order valence-electron chi connectivity index (χ2n) is 6.72. The molecule has 3 aromatic heterocycles. The third-order valence-electron chi connectivity index (χ3n) is 4.53. The maximum atomic E-state index is 10.6. The van der Waals surface area contributed by atoms with Crippen molar-refractivity contribution in [3.05, 3.63) is 36.8 Å². The van der Waals surface area contributed by atoms with Crippen molar-refractivity contribution in [1.29, 1.82) is 0 Å². The fraction of sp³-hybridized carbons (Fsp3) is 0.389. The fourth-order valence-electron chi connectivity index (χ4n) is 2.90. The van der Waals surface area contributed by atoms with Crippen LogP contribution in [0.5, 0.6) is 0 Å². The summed E-state index contributed by atoms with van der Waals surface area (Å²) >= 11 is 0. The molecule has 0 saturated carbocycles. The molecule has 13 heteroatoms. The number of hydrogen-bond acceptors (Lipinski definition) is 8. The van der Waals surface area contributed by atoms with Crippen LogP contribution in [0.1, 0.15) is 6.42 Å². The molecule has 2 atom stereocenters. The van der Waals surface area contributed by atoms with Gasteiger partial charge in [0.2, 0.25) is 5.95 Å². The number of fused-ring (bicyclic) bond motifs is 1. The summed E-state index contributed by atoms with van der Waals surface area (Å²) in [6.45, 7) is 2.23. The molecule has 10 nitrogen and oxygen atoms in total. The van der Waals surface area contributed by atoms with E-state index in [0.29, 0.717) is 19.0 Å². The molecule has 4 heterocycles. The van der Waals surface area contributed by atoms with Crippen LogP contribution in [0.3, 0.4) is 0 Å². The summed E-state index contributed by atoms with van der Waals surface area (Å²) in [4.78, 5) is 22.2. The lowest BCUT2D eigenvalue weighted by molar-refractivity contribution is -0.192. The number of piperidine rings is 1. The van der Waals surface area contributed by atoms with Crippen LogP contribution in [0.25, 0.3) is 17.0 Å². The van der Waals surface area contributed by atoms with Crippen LogP contribution < -0.4 is 10.6 Å². The summed E-state index contributed by atoms with van der Waals surface area (Å²) in [6.07, 6.45) is 0.807. The van der Waals surface area contributed by atoms with Crippen LogP contribution in [0.15, 0.2) is 36.8 Å². The van der Waals surface area contributed by atoms with Gasteiger partial charge in [0.25, 0.3) is 0 Å². The number of carbonyl (C=O) groups is 1. The predicted molar refractivity (Wildman–Crippen MR) is 103 cm³/mol. The second-order valence-corrected chi connectivity index (χ2v) is 6.72. The van der Waals surface area contributed by atoms with E-state index in [1.54, 1.807) is 16.9 Å². The number of aromatic nitrogens is 5. The molecular weight excluding hydrogens is 419 g/mol. The summed E-state index contributed by atoms with van der Waals surface area (Å²) in [7, 11) is 0. The minimum absolute atomic E-state index is 0.208. The number of aliphatic hydroxyl groups is 1. The summed E-state index contributed by atoms with van der Waals surface area (Å²) in [6, 6.07) is 5.56. The summed E-state index contributed by atoms with van der Waals surface area (Å²) in [5.41, 5.74) is 2.30. The highest BCUT2D eigenvalue weighted by Crippen LogP contribution is 2.17. The standard InChI is InChI=1S/C16H19N7O.C2HF3O2/c24-14-10-17-5-1-11(14)9-19-16-18-6-2-12(22-16)13-4-8-23-15(21-13)3-7-20-23;3-2(4,5)1(6)7/h2-4,6-8,11,14,17,24H,1,5,9-10H2,(H,18,19,22);(H,6,7)/t11-,14+;/m0./s1. The second kappa shape index (κ2) is 9.66. The first-order chi connectivity index (χ1) is 14.7. The van der Waals surface area contributed by atoms with Crippen molar-refractivity contribution >= 4 is 17.6 Å². The van der Waals surface area contributed by atoms with Gasteiger partial charge in [-0.25, -0.2) is 24.3 Å². The average molecular weight is 439 g/mol. The molecule has 0 amide bonds. The number of alkyl halides is 3. The molecule has 1 aliphatic heterocycles. The van der Waals surface area contributed by atoms with Gasteiger partial charge >= 0.3 is 12.1 Å². The van der Waals surface area contributed by atoms with Gasteiger partial charge in [-0.2, -0.15) is 18.3 Å². The zero-order chi connectivity index (χ0) is 22.4. The number of rotatable bonds is 4. The predicted octanol–water partition coefficient (Wildman–Crippen LogP) is 1.20. The van der Waals surface area contributed by atoms with Crippen molar-refractivity contribution in [2.75, 3.05) is 25.0 Å². The third kappa shape index (κ3) is 6.08. The molecule has 0 bridgehead atoms. The van der Waals surface area contributed by atoms with E-state index in [1.807, 2.05) is 24.4 Å². The van der Waals surface area contributed by atoms with Gasteiger partial charge in [0, 0.05) is 37.5 Å². The highest BCUT2D eigenvalue weighted by atomic mass is 19.4. The van der Waals surface area contributed by atoms with E-state index in [9.17, 15) is 18.3 Å². The van der Waals surface area contributed by atoms with E-state index < -0.39 is 12.1 Å². The Kier molecular flexibility index (Phi) is 6.97. The maximum Gasteiger partial charge on any atom is 0.490 e. The number of aliphatic hydroxyl groups excluding tert-OH is 1. The number of anilines is 1. The molecule has 3 aromatic rings. The van der Waals surface area contributed by atoms with E-state index in [4.69, 9.17) is 9.90 Å². The highest BCUT2D eigenvalue weighted by Gasteiger charge is 2.38. The number of carboxylic acids is 1. The Hall–Kier alpha value is -3.32. The first kappa shape index (κ1) is 22.4. The lowest BCUT2D eigenvalue weighted by Gasteiger charge is -2.28. The monoisotopic (exact) mass is 439 g/mol. The van der Waals surface area contributed by atoms with Crippen LogP contribution in [-0.4, -0.2) is 72.7 Å². The molecule has 0 spiro atoms. The Balaban J connectivity index is 0.000000339. The Bertz CT molecular complexity index is 1030. The number of nitrogens with zero attached hydrogens (tertiary/aromatic N) is 5. The first-order valence-electron chi connectivity index (χ1n) is 9.30. The molecule has 166 valence electrons. The first-order valence-corrected chi connectivity index (χ1v) is 9.30. The Morgan fingerprint density at radius 1 is 1.23 bits per heavy atom. The molecular formula is C18H20F3N7O3. The largest absolute Gasteiger partial charge is 0.490 e. The van der Waals surface area contributed by atoms with Gasteiger partial charge in [0.05, 0.1) is 23.7 Å². The number of aliphatic carboxylic acids is 1. The fourth-order valence-corrected chi connectivity index (χ4v) is 2.90. The smallest absolute Gasteiger partial charge is 0.475 e. The van der Waals surface area contributed by atoms with Crippen LogP contribution in [0.4, 0.5) is 19.1 Å². The number of β-amino-alcohol motifs (C(OH)–C–C–N with tert-alkyl or cyclic N) is 1. The molecule has 4 N–H and O–H groups in total. The Labute approximate surface area is 174 Å². The van der Waals surface area contributed by atoms with Crippen molar-refractivity contribution in [2.24, 2.45) is 5.92 Å². The van der Waals surface area contributed by atoms with E-state index in [0.717, 1.165) is 30.0 Å². The van der Waals surface area contributed by atoms with Crippen molar-refractivity contribution in [3.8, 4) is 11.4 Å². The number of nitrogens with one attached hydrogen (secondary N) is 2. The van der Waals surface area contributed by atoms with Crippen molar-refractivity contribution in [3.63, 3.8) is 0 Å². The van der Waals surface area contributed by atoms with E-state index in [2.05, 4.69) is 30.7 Å². The molecule has 0 radical (unpaired) electrons. The summed E-state index contributed by atoms with van der Waals surface area (Å²) < 4.78 is 33.4. The number of carboxylic acid groups (broad SMARTS) is 1. The average Bonchev–Trinajstić information content (AvgIpc) is 3.21. The van der Waals surface area contributed by atoms with Gasteiger partial charge in [-0.1, -0.05) is 0 Å². The highest BCUT2D eigenvalue weighted by molar-refractivity contribution is 5.73. The topological polar surface area (TPSA) is 138 Å². The zero-order valence-corrected chi connectivity index (χ0v) is 16.1. The molecule has 1 aliphatic rings. The van der Waals surface area contributed by atoms with Crippen molar-refractivity contribution in [1.82, 2.24) is 29.9 Å². The molecule has 0 aromatic carbocycles. The van der Waals surface area contributed by atoms with Crippen LogP contribution >= 0.6 is 0 Å². The molecule has 0 aliphatic carbocycles. The zero-order valence-electron chi connectivity index (χ0n) is 16.1. The van der Waals surface area contributed by atoms with Gasteiger partial charge in [-0.3, -0.25) is 0 Å². The minimum atomic E-state index is -5.08. The SMILES string of the molecule is O=C(O)C(F)(F)F.O[C@@H]1CNCC[C@H]1CNc1nccc(-c2ccn3nccc3n2)n1. The maximum absolute atomic E-state index is 10.6. The van der Waals surface area contributed by atoms with E-state index >= 15 is 0 Å². The Morgan fingerprint density at radius 2 is 1.97 bits per heavy atom. The number of hydrogen-bond donors (Lipinski definition) is 4.